The van der Waals surface area contributed by atoms with Crippen molar-refractivity contribution < 1.29 is 19.2 Å². The van der Waals surface area contributed by atoms with Gasteiger partial charge in [-0.05, 0) is 45.8 Å². The summed E-state index contributed by atoms with van der Waals surface area (Å²) in [5, 5.41) is 17.0. The van der Waals surface area contributed by atoms with Crippen LogP contribution in [-0.4, -0.2) is 10.5 Å². The molecule has 0 aliphatic heterocycles. The van der Waals surface area contributed by atoms with Gasteiger partial charge < -0.3 is 4.67 Å². The maximum Gasteiger partial charge on any atom is 0.164 e. The molecule has 1 atom stereocenters. The molecule has 0 fully saturated rings. The summed E-state index contributed by atoms with van der Waals surface area (Å²) in [4.78, 5) is 0. The Morgan fingerprint density at radius 2 is 1.24 bits per heavy atom. The molecular formula is C12H13N2O4PS2. The fourth-order valence-electron chi connectivity index (χ4n) is 1.63. The summed E-state index contributed by atoms with van der Waals surface area (Å²) >= 11 is 1.23. The van der Waals surface area contributed by atoms with Crippen LogP contribution < -0.4 is 8.38 Å². The number of anilines is 3. The summed E-state index contributed by atoms with van der Waals surface area (Å²) in [5.74, 6) is 0. The highest BCUT2D eigenvalue weighted by Gasteiger charge is 2.12. The van der Waals surface area contributed by atoms with E-state index in [1.807, 2.05) is 47.1 Å². The topological polar surface area (TPSA) is 65.4 Å². The van der Waals surface area contributed by atoms with Gasteiger partial charge in [-0.3, -0.25) is 0 Å². The fourth-order valence-corrected chi connectivity index (χ4v) is 2.78. The number of hydrogen-bond donors (Lipinski definition) is 2. The maximum absolute atomic E-state index is 8.48. The van der Waals surface area contributed by atoms with E-state index >= 15 is 0 Å². The molecule has 0 spiro atoms. The quantitative estimate of drug-likeness (QED) is 0.250. The molecule has 0 bridgehead atoms. The van der Waals surface area contributed by atoms with E-state index in [1.54, 1.807) is 12.1 Å². The van der Waals surface area contributed by atoms with Crippen molar-refractivity contribution in [1.82, 2.24) is 0 Å². The van der Waals surface area contributed by atoms with E-state index in [1.165, 1.54) is 3.71 Å². The van der Waals surface area contributed by atoms with Crippen molar-refractivity contribution in [2.75, 3.05) is 8.38 Å². The second-order valence-corrected chi connectivity index (χ2v) is 5.85. The fraction of sp³-hybridized carbons (Fsp3) is 0. The SMILES string of the molecule is OOSN(SOO)c1ccc(N(P)c2ccccc2)cc1. The van der Waals surface area contributed by atoms with Crippen LogP contribution in [-0.2, 0) is 8.67 Å². The van der Waals surface area contributed by atoms with Crippen LogP contribution in [0.15, 0.2) is 54.6 Å². The second-order valence-electron chi connectivity index (χ2n) is 3.78. The van der Waals surface area contributed by atoms with Crippen LogP contribution in [0.4, 0.5) is 17.1 Å². The first kappa shape index (κ1) is 16.4. The van der Waals surface area contributed by atoms with Gasteiger partial charge >= 0.3 is 0 Å². The molecule has 0 radical (unpaired) electrons. The van der Waals surface area contributed by atoms with Gasteiger partial charge in [0.15, 0.2) is 24.5 Å². The van der Waals surface area contributed by atoms with E-state index in [9.17, 15) is 0 Å². The van der Waals surface area contributed by atoms with Crippen LogP contribution in [0.25, 0.3) is 0 Å². The largest absolute Gasteiger partial charge is 0.326 e. The van der Waals surface area contributed by atoms with E-state index < -0.39 is 0 Å². The lowest BCUT2D eigenvalue weighted by molar-refractivity contribution is -0.119. The average Bonchev–Trinajstić information content (AvgIpc) is 2.55. The Kier molecular flexibility index (Phi) is 6.59. The minimum Gasteiger partial charge on any atom is -0.326 e. The number of benzene rings is 2. The minimum atomic E-state index is 0.613. The molecule has 0 saturated heterocycles. The summed E-state index contributed by atoms with van der Waals surface area (Å²) in [5.41, 5.74) is 2.66. The van der Waals surface area contributed by atoms with Gasteiger partial charge in [0.1, 0.15) is 0 Å². The molecule has 0 heterocycles. The zero-order valence-corrected chi connectivity index (χ0v) is 13.5. The normalized spacial score (nSPS) is 10.4. The monoisotopic (exact) mass is 344 g/mol. The number of rotatable bonds is 7. The zero-order chi connectivity index (χ0) is 15.1. The van der Waals surface area contributed by atoms with Crippen molar-refractivity contribution in [1.29, 1.82) is 0 Å². The Hall–Kier alpha value is -0.990. The molecular weight excluding hydrogens is 331 g/mol. The summed E-state index contributed by atoms with van der Waals surface area (Å²) in [6.45, 7) is 0. The zero-order valence-electron chi connectivity index (χ0n) is 10.7. The van der Waals surface area contributed by atoms with Crippen LogP contribution in [0.3, 0.4) is 0 Å². The Labute approximate surface area is 133 Å². The minimum absolute atomic E-state index is 0.613. The highest BCUT2D eigenvalue weighted by Crippen LogP contribution is 2.34. The lowest BCUT2D eigenvalue weighted by Gasteiger charge is -2.21. The van der Waals surface area contributed by atoms with Crippen molar-refractivity contribution in [3.8, 4) is 0 Å². The van der Waals surface area contributed by atoms with E-state index in [-0.39, 0.29) is 0 Å². The van der Waals surface area contributed by atoms with Gasteiger partial charge in [0.05, 0.1) is 5.69 Å². The molecule has 0 amide bonds. The molecule has 2 aromatic rings. The summed E-state index contributed by atoms with van der Waals surface area (Å²) in [6, 6.07) is 17.3. The Balaban J connectivity index is 2.14. The molecule has 6 nitrogen and oxygen atoms in total. The highest BCUT2D eigenvalue weighted by atomic mass is 32.2. The first-order chi connectivity index (χ1) is 10.3. The van der Waals surface area contributed by atoms with Crippen molar-refractivity contribution in [3.63, 3.8) is 0 Å². The van der Waals surface area contributed by atoms with Crippen LogP contribution >= 0.6 is 33.8 Å². The van der Waals surface area contributed by atoms with Crippen molar-refractivity contribution >= 4 is 50.9 Å². The van der Waals surface area contributed by atoms with Gasteiger partial charge in [-0.15, -0.1) is 8.67 Å². The second kappa shape index (κ2) is 8.45. The van der Waals surface area contributed by atoms with Crippen molar-refractivity contribution in [2.45, 2.75) is 0 Å². The lowest BCUT2D eigenvalue weighted by atomic mass is 10.2. The van der Waals surface area contributed by atoms with Crippen LogP contribution in [0.1, 0.15) is 0 Å². The van der Waals surface area contributed by atoms with Crippen LogP contribution in [0.2, 0.25) is 0 Å². The Bertz CT molecular complexity index is 541. The van der Waals surface area contributed by atoms with Crippen LogP contribution in [0.5, 0.6) is 0 Å². The van der Waals surface area contributed by atoms with Crippen molar-refractivity contribution in [2.24, 2.45) is 0 Å². The predicted molar refractivity (Wildman–Crippen MR) is 89.8 cm³/mol. The average molecular weight is 344 g/mol. The lowest BCUT2D eigenvalue weighted by Crippen LogP contribution is -2.05. The van der Waals surface area contributed by atoms with E-state index in [0.717, 1.165) is 11.4 Å². The smallest absolute Gasteiger partial charge is 0.164 e. The Morgan fingerprint density at radius 3 is 1.76 bits per heavy atom. The van der Waals surface area contributed by atoms with Gasteiger partial charge in [0.25, 0.3) is 0 Å². The number of nitrogens with zero attached hydrogens (tertiary/aromatic N) is 2. The molecule has 0 aliphatic carbocycles. The van der Waals surface area contributed by atoms with E-state index in [4.69, 9.17) is 10.5 Å². The molecule has 112 valence electrons. The molecule has 2 rings (SSSR count). The third-order valence-corrected chi connectivity index (χ3v) is 4.36. The van der Waals surface area contributed by atoms with Gasteiger partial charge in [0, 0.05) is 11.4 Å². The van der Waals surface area contributed by atoms with E-state index in [0.29, 0.717) is 30.1 Å². The predicted octanol–water partition coefficient (Wildman–Crippen LogP) is 4.53. The first-order valence-electron chi connectivity index (χ1n) is 5.72. The van der Waals surface area contributed by atoms with Crippen LogP contribution in [0, 0.1) is 0 Å². The van der Waals surface area contributed by atoms with Gasteiger partial charge in [-0.2, -0.15) is 0 Å². The molecule has 0 saturated carbocycles. The molecule has 2 N–H and O–H groups in total. The highest BCUT2D eigenvalue weighted by molar-refractivity contribution is 8.13. The molecule has 21 heavy (non-hydrogen) atoms. The standard InChI is InChI=1S/C12H13N2O4PS2/c15-17-20-14(21-18-16)12-8-6-11(7-9-12)13(19)10-4-2-1-3-5-10/h1-9,15-16H,19H2. The number of para-hydroxylation sites is 1. The molecule has 0 aromatic heterocycles. The number of hydrogen-bond acceptors (Lipinski definition) is 8. The Morgan fingerprint density at radius 1 is 0.762 bits per heavy atom. The molecule has 2 aromatic carbocycles. The summed E-state index contributed by atoms with van der Waals surface area (Å²) in [6.07, 6.45) is 0. The first-order valence-corrected chi connectivity index (χ1v) is 7.64. The third kappa shape index (κ3) is 4.49. The molecule has 9 heteroatoms. The van der Waals surface area contributed by atoms with Gasteiger partial charge in [0.2, 0.25) is 0 Å². The third-order valence-electron chi connectivity index (χ3n) is 2.58. The van der Waals surface area contributed by atoms with E-state index in [2.05, 4.69) is 18.1 Å². The molecule has 0 aliphatic rings. The summed E-state index contributed by atoms with van der Waals surface area (Å²) < 4.78 is 11.3. The summed E-state index contributed by atoms with van der Waals surface area (Å²) in [7, 11) is 2.65. The van der Waals surface area contributed by atoms with Gasteiger partial charge in [-0.25, -0.2) is 14.2 Å². The van der Waals surface area contributed by atoms with Crippen molar-refractivity contribution in [3.05, 3.63) is 54.6 Å². The maximum atomic E-state index is 8.48. The van der Waals surface area contributed by atoms with Gasteiger partial charge in [-0.1, -0.05) is 18.2 Å². The molecule has 1 unspecified atom stereocenters.